The van der Waals surface area contributed by atoms with Gasteiger partial charge in [-0.1, -0.05) is 6.07 Å². The summed E-state index contributed by atoms with van der Waals surface area (Å²) in [6, 6.07) is 11.4. The third-order valence-electron chi connectivity index (χ3n) is 6.16. The predicted octanol–water partition coefficient (Wildman–Crippen LogP) is 3.71. The maximum absolute atomic E-state index is 13.7. The van der Waals surface area contributed by atoms with Crippen molar-refractivity contribution >= 4 is 23.5 Å². The van der Waals surface area contributed by atoms with Gasteiger partial charge in [-0.05, 0) is 69.2 Å². The molecule has 0 saturated heterocycles. The summed E-state index contributed by atoms with van der Waals surface area (Å²) < 4.78 is 18.0. The molecule has 0 bridgehead atoms. The number of esters is 1. The van der Waals surface area contributed by atoms with Crippen molar-refractivity contribution in [3.8, 4) is 11.5 Å². The zero-order valence-corrected chi connectivity index (χ0v) is 22.5. The number of rotatable bonds is 11. The maximum Gasteiger partial charge on any atom is 0.338 e. The van der Waals surface area contributed by atoms with Gasteiger partial charge in [0.05, 0.1) is 31.5 Å². The molecule has 1 atom stereocenters. The van der Waals surface area contributed by atoms with Gasteiger partial charge in [0.2, 0.25) is 5.95 Å². The molecule has 0 saturated carbocycles. The van der Waals surface area contributed by atoms with E-state index in [2.05, 4.69) is 20.7 Å². The van der Waals surface area contributed by atoms with Gasteiger partial charge >= 0.3 is 5.97 Å². The number of nitrogens with one attached hydrogen (secondary N) is 2. The second kappa shape index (κ2) is 12.4. The van der Waals surface area contributed by atoms with E-state index in [1.165, 1.54) is 0 Å². The van der Waals surface area contributed by atoms with Crippen LogP contribution < -0.4 is 20.1 Å². The Balaban J connectivity index is 1.71. The van der Waals surface area contributed by atoms with Gasteiger partial charge in [-0.25, -0.2) is 9.48 Å². The van der Waals surface area contributed by atoms with E-state index in [1.54, 1.807) is 43.0 Å². The van der Waals surface area contributed by atoms with Crippen LogP contribution in [0, 0.1) is 0 Å². The van der Waals surface area contributed by atoms with Crippen LogP contribution in [-0.2, 0) is 16.0 Å². The average Bonchev–Trinajstić information content (AvgIpc) is 3.34. The normalized spacial score (nSPS) is 14.3. The Morgan fingerprint density at radius 1 is 1.10 bits per heavy atom. The molecule has 11 heteroatoms. The molecular weight excluding hydrogens is 502 g/mol. The number of carbonyl (C=O) groups excluding carboxylic acids is 2. The van der Waals surface area contributed by atoms with E-state index in [0.717, 1.165) is 5.56 Å². The molecule has 1 aromatic heterocycles. The monoisotopic (exact) mass is 535 g/mol. The first-order chi connectivity index (χ1) is 18.9. The summed E-state index contributed by atoms with van der Waals surface area (Å²) in [4.78, 5) is 30.3. The summed E-state index contributed by atoms with van der Waals surface area (Å²) in [7, 11) is 1.56. The van der Waals surface area contributed by atoms with Crippen LogP contribution in [0.2, 0.25) is 0 Å². The predicted molar refractivity (Wildman–Crippen MR) is 145 cm³/mol. The largest absolute Gasteiger partial charge is 0.493 e. The molecule has 1 aliphatic heterocycles. The van der Waals surface area contributed by atoms with Gasteiger partial charge in [-0.3, -0.25) is 4.79 Å². The van der Waals surface area contributed by atoms with Gasteiger partial charge < -0.3 is 30.0 Å². The van der Waals surface area contributed by atoms with Crippen molar-refractivity contribution in [2.75, 3.05) is 37.6 Å². The van der Waals surface area contributed by atoms with E-state index < -0.39 is 12.0 Å². The molecule has 3 N–H and O–H groups in total. The summed E-state index contributed by atoms with van der Waals surface area (Å²) in [5.41, 5.74) is 2.71. The molecule has 0 fully saturated rings. The molecule has 3 aromatic rings. The first kappa shape index (κ1) is 27.6. The standard InChI is InChI=1S/C28H33N5O6/c1-5-38-21-14-11-19(16-22(21)37-4)25-24(17(3)29-28-31-23(8-7-15-34)32-33(25)28)26(35)30-20-12-9-18(10-13-20)27(36)39-6-2/h9-14,16,25,34H,5-8,15H2,1-4H3,(H,30,35)(H,29,31,32). The molecule has 39 heavy (non-hydrogen) atoms. The molecule has 1 aliphatic rings. The van der Waals surface area contributed by atoms with E-state index in [4.69, 9.17) is 14.2 Å². The van der Waals surface area contributed by atoms with Crippen LogP contribution in [0.1, 0.15) is 55.0 Å². The van der Waals surface area contributed by atoms with Crippen molar-refractivity contribution in [2.24, 2.45) is 0 Å². The Morgan fingerprint density at radius 2 is 1.87 bits per heavy atom. The van der Waals surface area contributed by atoms with Crippen molar-refractivity contribution < 1.29 is 28.9 Å². The lowest BCUT2D eigenvalue weighted by Gasteiger charge is -2.29. The number of hydrogen-bond donors (Lipinski definition) is 3. The number of fused-ring (bicyclic) bond motifs is 1. The van der Waals surface area contributed by atoms with Crippen molar-refractivity contribution in [1.29, 1.82) is 0 Å². The topological polar surface area (TPSA) is 137 Å². The number of aromatic nitrogens is 3. The average molecular weight is 536 g/mol. The lowest BCUT2D eigenvalue weighted by Crippen LogP contribution is -2.31. The van der Waals surface area contributed by atoms with Gasteiger partial charge in [-0.2, -0.15) is 10.1 Å². The number of nitrogens with zero attached hydrogens (tertiary/aromatic N) is 3. The lowest BCUT2D eigenvalue weighted by molar-refractivity contribution is -0.113. The fourth-order valence-electron chi connectivity index (χ4n) is 4.37. The minimum absolute atomic E-state index is 0.0245. The van der Waals surface area contributed by atoms with Crippen LogP contribution in [0.4, 0.5) is 11.6 Å². The molecular formula is C28H33N5O6. The highest BCUT2D eigenvalue weighted by Crippen LogP contribution is 2.39. The second-order valence-corrected chi connectivity index (χ2v) is 8.78. The maximum atomic E-state index is 13.7. The van der Waals surface area contributed by atoms with Crippen molar-refractivity contribution in [1.82, 2.24) is 14.8 Å². The Bertz CT molecular complexity index is 1370. The van der Waals surface area contributed by atoms with Gasteiger partial charge in [0.1, 0.15) is 6.04 Å². The summed E-state index contributed by atoms with van der Waals surface area (Å²) in [6.45, 7) is 6.23. The lowest BCUT2D eigenvalue weighted by atomic mass is 9.94. The number of allylic oxidation sites excluding steroid dienone is 1. The zero-order valence-electron chi connectivity index (χ0n) is 22.5. The van der Waals surface area contributed by atoms with Crippen LogP contribution in [0.3, 0.4) is 0 Å². The minimum Gasteiger partial charge on any atom is -0.493 e. The Morgan fingerprint density at radius 3 is 2.54 bits per heavy atom. The number of amides is 1. The van der Waals surface area contributed by atoms with Crippen LogP contribution in [0.15, 0.2) is 53.7 Å². The summed E-state index contributed by atoms with van der Waals surface area (Å²) in [5, 5.41) is 20.1. The summed E-state index contributed by atoms with van der Waals surface area (Å²) in [6.07, 6.45) is 1.01. The first-order valence-corrected chi connectivity index (χ1v) is 12.8. The fourth-order valence-corrected chi connectivity index (χ4v) is 4.37. The Labute approximate surface area is 226 Å². The Hall–Kier alpha value is -4.38. The number of aliphatic hydroxyl groups excluding tert-OH is 1. The Kier molecular flexibility index (Phi) is 8.82. The number of methoxy groups -OCH3 is 1. The third-order valence-corrected chi connectivity index (χ3v) is 6.16. The van der Waals surface area contributed by atoms with Gasteiger partial charge in [0, 0.05) is 24.4 Å². The quantitative estimate of drug-likeness (QED) is 0.314. The minimum atomic E-state index is -0.625. The van der Waals surface area contributed by atoms with E-state index in [9.17, 15) is 14.7 Å². The highest BCUT2D eigenvalue weighted by atomic mass is 16.5. The van der Waals surface area contributed by atoms with Crippen LogP contribution in [0.5, 0.6) is 11.5 Å². The molecule has 11 nitrogen and oxygen atoms in total. The SMILES string of the molecule is CCOC(=O)c1ccc(NC(=O)C2=C(C)Nc3nc(CCCO)nn3C2c2ccc(OCC)c(OC)c2)cc1. The summed E-state index contributed by atoms with van der Waals surface area (Å²) in [5.74, 6) is 1.40. The molecule has 1 unspecified atom stereocenters. The van der Waals surface area contributed by atoms with Gasteiger partial charge in [0.25, 0.3) is 5.91 Å². The summed E-state index contributed by atoms with van der Waals surface area (Å²) >= 11 is 0. The van der Waals surface area contributed by atoms with Gasteiger partial charge in [-0.15, -0.1) is 0 Å². The fraction of sp³-hybridized carbons (Fsp3) is 0.357. The third kappa shape index (κ3) is 6.04. The van der Waals surface area contributed by atoms with E-state index in [0.29, 0.717) is 65.2 Å². The molecule has 1 amide bonds. The number of aliphatic hydroxyl groups is 1. The van der Waals surface area contributed by atoms with Crippen LogP contribution >= 0.6 is 0 Å². The van der Waals surface area contributed by atoms with E-state index >= 15 is 0 Å². The van der Waals surface area contributed by atoms with Gasteiger partial charge in [0.15, 0.2) is 17.3 Å². The smallest absolute Gasteiger partial charge is 0.338 e. The molecule has 0 radical (unpaired) electrons. The van der Waals surface area contributed by atoms with E-state index in [1.807, 2.05) is 32.0 Å². The van der Waals surface area contributed by atoms with Crippen molar-refractivity contribution in [3.63, 3.8) is 0 Å². The number of hydrogen-bond acceptors (Lipinski definition) is 9. The molecule has 2 heterocycles. The zero-order chi connectivity index (χ0) is 27.9. The number of benzene rings is 2. The number of aryl methyl sites for hydroxylation is 1. The highest BCUT2D eigenvalue weighted by molar-refractivity contribution is 6.06. The molecule has 0 aliphatic carbocycles. The van der Waals surface area contributed by atoms with Crippen LogP contribution in [0.25, 0.3) is 0 Å². The number of anilines is 2. The number of carbonyl (C=O) groups is 2. The molecule has 0 spiro atoms. The van der Waals surface area contributed by atoms with Crippen LogP contribution in [-0.4, -0.2) is 58.7 Å². The number of ether oxygens (including phenoxy) is 3. The van der Waals surface area contributed by atoms with Crippen molar-refractivity contribution in [3.05, 3.63) is 70.7 Å². The molecule has 2 aromatic carbocycles. The second-order valence-electron chi connectivity index (χ2n) is 8.78. The molecule has 4 rings (SSSR count). The highest BCUT2D eigenvalue weighted by Gasteiger charge is 2.35. The first-order valence-electron chi connectivity index (χ1n) is 12.8. The molecule has 206 valence electrons. The van der Waals surface area contributed by atoms with Crippen molar-refractivity contribution in [2.45, 2.75) is 39.7 Å². The van der Waals surface area contributed by atoms with E-state index in [-0.39, 0.29) is 19.1 Å².